The molecule has 5 nitrogen and oxygen atoms in total. The van der Waals surface area contributed by atoms with Crippen molar-refractivity contribution in [2.75, 3.05) is 13.2 Å². The van der Waals surface area contributed by atoms with Crippen molar-refractivity contribution in [2.45, 2.75) is 25.7 Å². The van der Waals surface area contributed by atoms with Gasteiger partial charge in [0.25, 0.3) is 0 Å². The maximum Gasteiger partial charge on any atom is 0.335 e. The Kier molecular flexibility index (Phi) is 5.38. The Hall–Kier alpha value is -3.64. The third-order valence-corrected chi connectivity index (χ3v) is 6.44. The molecular formula is C27H24FNO4. The zero-order valence-electron chi connectivity index (χ0n) is 18.2. The lowest BCUT2D eigenvalue weighted by atomic mass is 9.88. The molecule has 2 heterocycles. The van der Waals surface area contributed by atoms with E-state index in [2.05, 4.69) is 4.57 Å². The molecule has 0 spiro atoms. The Morgan fingerprint density at radius 3 is 2.45 bits per heavy atom. The van der Waals surface area contributed by atoms with E-state index in [0.29, 0.717) is 18.6 Å². The van der Waals surface area contributed by atoms with Crippen LogP contribution < -0.4 is 0 Å². The number of aryl methyl sites for hydroxylation is 1. The minimum absolute atomic E-state index is 0.151. The molecule has 0 unspecified atom stereocenters. The maximum absolute atomic E-state index is 13.7. The number of hydrogen-bond donors (Lipinski definition) is 2. The van der Waals surface area contributed by atoms with Gasteiger partial charge in [-0.3, -0.25) is 0 Å². The van der Waals surface area contributed by atoms with E-state index >= 15 is 0 Å². The number of nitrogens with zero attached hydrogens (tertiary/aromatic N) is 1. The van der Waals surface area contributed by atoms with E-state index in [4.69, 9.17) is 4.74 Å². The molecular weight excluding hydrogens is 421 g/mol. The van der Waals surface area contributed by atoms with Crippen molar-refractivity contribution < 1.29 is 24.1 Å². The van der Waals surface area contributed by atoms with Crippen LogP contribution in [0, 0.1) is 12.7 Å². The standard InChI is InChI=1S/C27H24FNO4/c1-16-15-18(27(31)32)5-10-21(16)24-25-22(3-2-4-23(25)30)29(20-8-6-19(28)7-9-20)26(24)17-11-13-33-14-12-17/h2-10,15,17,30H,11-14H2,1H3,(H,31,32). The molecule has 0 radical (unpaired) electrons. The van der Waals surface area contributed by atoms with Gasteiger partial charge in [0.15, 0.2) is 0 Å². The molecule has 1 saturated heterocycles. The number of carbonyl (C=O) groups is 1. The lowest BCUT2D eigenvalue weighted by Gasteiger charge is -2.26. The summed E-state index contributed by atoms with van der Waals surface area (Å²) in [4.78, 5) is 11.5. The number of benzene rings is 3. The van der Waals surface area contributed by atoms with Crippen molar-refractivity contribution in [3.05, 3.63) is 83.3 Å². The van der Waals surface area contributed by atoms with E-state index in [1.165, 1.54) is 12.1 Å². The van der Waals surface area contributed by atoms with Crippen LogP contribution in [0.3, 0.4) is 0 Å². The molecule has 1 aliphatic heterocycles. The number of fused-ring (bicyclic) bond motifs is 1. The topological polar surface area (TPSA) is 71.7 Å². The summed E-state index contributed by atoms with van der Waals surface area (Å²) in [6.07, 6.45) is 1.63. The fourth-order valence-electron chi connectivity index (χ4n) is 4.92. The van der Waals surface area contributed by atoms with Gasteiger partial charge in [0, 0.05) is 41.5 Å². The molecule has 0 atom stereocenters. The SMILES string of the molecule is Cc1cc(C(=O)O)ccc1-c1c(C2CCOCC2)n(-c2ccc(F)cc2)c2cccc(O)c12. The second kappa shape index (κ2) is 8.37. The Morgan fingerprint density at radius 1 is 1.06 bits per heavy atom. The molecule has 0 saturated carbocycles. The fourth-order valence-corrected chi connectivity index (χ4v) is 4.92. The molecule has 2 N–H and O–H groups in total. The summed E-state index contributed by atoms with van der Waals surface area (Å²) in [7, 11) is 0. The predicted octanol–water partition coefficient (Wildman–Crippen LogP) is 6.04. The number of phenols is 1. The highest BCUT2D eigenvalue weighted by molar-refractivity contribution is 6.04. The molecule has 0 aliphatic carbocycles. The van der Waals surface area contributed by atoms with Crippen molar-refractivity contribution in [1.29, 1.82) is 0 Å². The van der Waals surface area contributed by atoms with E-state index in [9.17, 15) is 19.4 Å². The van der Waals surface area contributed by atoms with Crippen molar-refractivity contribution in [3.63, 3.8) is 0 Å². The Balaban J connectivity index is 1.88. The number of aromatic nitrogens is 1. The van der Waals surface area contributed by atoms with Gasteiger partial charge in [0.05, 0.1) is 11.1 Å². The summed E-state index contributed by atoms with van der Waals surface area (Å²) in [6.45, 7) is 3.16. The molecule has 0 amide bonds. The van der Waals surface area contributed by atoms with Gasteiger partial charge in [-0.1, -0.05) is 12.1 Å². The highest BCUT2D eigenvalue weighted by Crippen LogP contribution is 2.47. The third-order valence-electron chi connectivity index (χ3n) is 6.44. The van der Waals surface area contributed by atoms with Gasteiger partial charge in [-0.05, 0) is 79.4 Å². The number of ether oxygens (including phenoxy) is 1. The largest absolute Gasteiger partial charge is 0.507 e. The number of carboxylic acid groups (broad SMARTS) is 1. The number of halogens is 1. The van der Waals surface area contributed by atoms with Crippen molar-refractivity contribution in [2.24, 2.45) is 0 Å². The summed E-state index contributed by atoms with van der Waals surface area (Å²) in [5.74, 6) is -0.987. The zero-order chi connectivity index (χ0) is 23.1. The summed E-state index contributed by atoms with van der Waals surface area (Å²) in [5.41, 5.74) is 5.43. The molecule has 1 fully saturated rings. The van der Waals surface area contributed by atoms with Gasteiger partial charge in [0.2, 0.25) is 0 Å². The van der Waals surface area contributed by atoms with Crippen LogP contribution in [0.2, 0.25) is 0 Å². The van der Waals surface area contributed by atoms with Crippen LogP contribution in [0.15, 0.2) is 60.7 Å². The smallest absolute Gasteiger partial charge is 0.335 e. The van der Waals surface area contributed by atoms with E-state index < -0.39 is 5.97 Å². The van der Waals surface area contributed by atoms with Gasteiger partial charge in [-0.2, -0.15) is 0 Å². The van der Waals surface area contributed by atoms with Crippen LogP contribution in [0.1, 0.15) is 40.4 Å². The quantitative estimate of drug-likeness (QED) is 0.402. The van der Waals surface area contributed by atoms with E-state index in [1.807, 2.05) is 19.1 Å². The molecule has 4 aromatic rings. The van der Waals surface area contributed by atoms with Crippen molar-refractivity contribution in [3.8, 4) is 22.6 Å². The van der Waals surface area contributed by atoms with E-state index in [-0.39, 0.29) is 23.0 Å². The van der Waals surface area contributed by atoms with Gasteiger partial charge in [0.1, 0.15) is 11.6 Å². The number of phenolic OH excluding ortho intramolecular Hbond substituents is 1. The van der Waals surface area contributed by atoms with E-state index in [1.54, 1.807) is 36.4 Å². The molecule has 33 heavy (non-hydrogen) atoms. The highest BCUT2D eigenvalue weighted by atomic mass is 19.1. The zero-order valence-corrected chi connectivity index (χ0v) is 18.2. The number of carboxylic acids is 1. The Bertz CT molecular complexity index is 1350. The minimum Gasteiger partial charge on any atom is -0.507 e. The minimum atomic E-state index is -0.981. The van der Waals surface area contributed by atoms with Gasteiger partial charge < -0.3 is 19.5 Å². The monoisotopic (exact) mass is 445 g/mol. The van der Waals surface area contributed by atoms with Crippen LogP contribution in [0.4, 0.5) is 4.39 Å². The molecule has 3 aromatic carbocycles. The molecule has 1 aliphatic rings. The summed E-state index contributed by atoms with van der Waals surface area (Å²) < 4.78 is 21.5. The first-order chi connectivity index (χ1) is 16.0. The van der Waals surface area contributed by atoms with Crippen LogP contribution in [-0.4, -0.2) is 34.0 Å². The lowest BCUT2D eigenvalue weighted by molar-refractivity contribution is 0.0696. The first-order valence-electron chi connectivity index (χ1n) is 11.0. The Morgan fingerprint density at radius 2 is 1.79 bits per heavy atom. The predicted molar refractivity (Wildman–Crippen MR) is 125 cm³/mol. The van der Waals surface area contributed by atoms with Gasteiger partial charge >= 0.3 is 5.97 Å². The Labute approximate surface area is 190 Å². The second-order valence-corrected chi connectivity index (χ2v) is 8.46. The third kappa shape index (κ3) is 3.66. The normalized spacial score (nSPS) is 14.6. The fraction of sp³-hybridized carbons (Fsp3) is 0.222. The first kappa shape index (κ1) is 21.2. The summed E-state index contributed by atoms with van der Waals surface area (Å²) >= 11 is 0. The molecule has 6 heteroatoms. The van der Waals surface area contributed by atoms with Crippen LogP contribution >= 0.6 is 0 Å². The number of hydrogen-bond acceptors (Lipinski definition) is 3. The summed E-state index contributed by atoms with van der Waals surface area (Å²) in [6, 6.07) is 16.8. The van der Waals surface area contributed by atoms with Crippen molar-refractivity contribution in [1.82, 2.24) is 4.57 Å². The van der Waals surface area contributed by atoms with Crippen LogP contribution in [0.5, 0.6) is 5.75 Å². The van der Waals surface area contributed by atoms with Crippen molar-refractivity contribution >= 4 is 16.9 Å². The molecule has 0 bridgehead atoms. The van der Waals surface area contributed by atoms with E-state index in [0.717, 1.165) is 46.4 Å². The highest BCUT2D eigenvalue weighted by Gasteiger charge is 2.29. The summed E-state index contributed by atoms with van der Waals surface area (Å²) in [5, 5.41) is 21.1. The molecule has 5 rings (SSSR count). The maximum atomic E-state index is 13.7. The van der Waals surface area contributed by atoms with Crippen LogP contribution in [0.25, 0.3) is 27.7 Å². The number of aromatic carboxylic acids is 1. The molecule has 168 valence electrons. The van der Waals surface area contributed by atoms with Crippen LogP contribution in [-0.2, 0) is 4.74 Å². The molecule has 1 aromatic heterocycles. The average molecular weight is 445 g/mol. The van der Waals surface area contributed by atoms with Gasteiger partial charge in [-0.25, -0.2) is 9.18 Å². The van der Waals surface area contributed by atoms with Gasteiger partial charge in [-0.15, -0.1) is 0 Å². The second-order valence-electron chi connectivity index (χ2n) is 8.46. The average Bonchev–Trinajstić information content (AvgIpc) is 3.16. The lowest BCUT2D eigenvalue weighted by Crippen LogP contribution is -2.17. The number of aromatic hydroxyl groups is 1. The number of rotatable bonds is 4. The first-order valence-corrected chi connectivity index (χ1v) is 11.0.